The second kappa shape index (κ2) is 7.34. The first-order valence-corrected chi connectivity index (χ1v) is 11.0. The number of anilines is 1. The summed E-state index contributed by atoms with van der Waals surface area (Å²) in [5.74, 6) is 0. The molecule has 27 heavy (non-hydrogen) atoms. The molecule has 2 N–H and O–H groups in total. The highest BCUT2D eigenvalue weighted by atomic mass is 35.5. The molecule has 0 amide bonds. The lowest BCUT2D eigenvalue weighted by Gasteiger charge is -2.09. The van der Waals surface area contributed by atoms with Crippen molar-refractivity contribution in [2.24, 2.45) is 5.10 Å². The van der Waals surface area contributed by atoms with Gasteiger partial charge in [-0.15, -0.1) is 11.3 Å². The van der Waals surface area contributed by atoms with Crippen LogP contribution in [-0.4, -0.2) is 14.1 Å². The maximum Gasteiger partial charge on any atom is 0.261 e. The van der Waals surface area contributed by atoms with Gasteiger partial charge < -0.3 is 5.43 Å². The maximum atomic E-state index is 12.4. The van der Waals surface area contributed by atoms with Gasteiger partial charge in [-0.25, -0.2) is 8.42 Å². The SMILES string of the molecule is O=S(=O)(Nc1ccc(C2=NNC(c3cccs3)C2)cc1)c1ccc(Cl)cc1. The van der Waals surface area contributed by atoms with Gasteiger partial charge in [-0.05, 0) is 53.4 Å². The maximum absolute atomic E-state index is 12.4. The van der Waals surface area contributed by atoms with Crippen LogP contribution in [-0.2, 0) is 10.0 Å². The fourth-order valence-electron chi connectivity index (χ4n) is 2.84. The van der Waals surface area contributed by atoms with Crippen molar-refractivity contribution in [1.29, 1.82) is 0 Å². The van der Waals surface area contributed by atoms with Crippen LogP contribution >= 0.6 is 22.9 Å². The Hall–Kier alpha value is -2.35. The first-order chi connectivity index (χ1) is 13.0. The molecule has 0 aliphatic carbocycles. The fraction of sp³-hybridized carbons (Fsp3) is 0.105. The molecule has 1 aromatic heterocycles. The van der Waals surface area contributed by atoms with E-state index in [9.17, 15) is 8.42 Å². The van der Waals surface area contributed by atoms with Gasteiger partial charge in [0.25, 0.3) is 10.0 Å². The van der Waals surface area contributed by atoms with Crippen molar-refractivity contribution in [1.82, 2.24) is 5.43 Å². The summed E-state index contributed by atoms with van der Waals surface area (Å²) in [6.45, 7) is 0. The molecule has 1 unspecified atom stereocenters. The topological polar surface area (TPSA) is 70.6 Å². The van der Waals surface area contributed by atoms with Crippen LogP contribution in [0, 0.1) is 0 Å². The van der Waals surface area contributed by atoms with Crippen LogP contribution < -0.4 is 10.1 Å². The molecule has 4 rings (SSSR count). The van der Waals surface area contributed by atoms with Gasteiger partial charge in [0.05, 0.1) is 16.6 Å². The molecular weight excluding hydrogens is 402 g/mol. The lowest BCUT2D eigenvalue weighted by atomic mass is 10.0. The van der Waals surface area contributed by atoms with Gasteiger partial charge >= 0.3 is 0 Å². The van der Waals surface area contributed by atoms with E-state index < -0.39 is 10.0 Å². The minimum absolute atomic E-state index is 0.166. The van der Waals surface area contributed by atoms with E-state index in [1.54, 1.807) is 35.6 Å². The lowest BCUT2D eigenvalue weighted by Crippen LogP contribution is -2.13. The Labute approximate surface area is 166 Å². The first-order valence-electron chi connectivity index (χ1n) is 8.25. The van der Waals surface area contributed by atoms with Gasteiger partial charge in [0.15, 0.2) is 0 Å². The van der Waals surface area contributed by atoms with Crippen LogP contribution in [0.1, 0.15) is 22.9 Å². The average Bonchev–Trinajstić information content (AvgIpc) is 3.34. The lowest BCUT2D eigenvalue weighted by molar-refractivity contribution is 0.601. The summed E-state index contributed by atoms with van der Waals surface area (Å²) in [5, 5.41) is 6.97. The normalized spacial score (nSPS) is 16.6. The average molecular weight is 418 g/mol. The third kappa shape index (κ3) is 4.00. The van der Waals surface area contributed by atoms with E-state index in [1.165, 1.54) is 17.0 Å². The molecule has 0 saturated heterocycles. The van der Waals surface area contributed by atoms with E-state index in [4.69, 9.17) is 11.6 Å². The molecule has 0 saturated carbocycles. The van der Waals surface area contributed by atoms with Gasteiger partial charge in [-0.1, -0.05) is 29.8 Å². The second-order valence-corrected chi connectivity index (χ2v) is 9.19. The minimum Gasteiger partial charge on any atom is -0.301 e. The van der Waals surface area contributed by atoms with Gasteiger partial charge in [0.2, 0.25) is 0 Å². The number of hydrogen-bond acceptors (Lipinski definition) is 5. The summed E-state index contributed by atoms with van der Waals surface area (Å²) in [7, 11) is -3.65. The molecule has 1 aliphatic rings. The number of hydrazone groups is 1. The highest BCUT2D eigenvalue weighted by molar-refractivity contribution is 7.92. The zero-order valence-electron chi connectivity index (χ0n) is 14.1. The molecule has 2 aromatic carbocycles. The van der Waals surface area contributed by atoms with E-state index >= 15 is 0 Å². The highest BCUT2D eigenvalue weighted by Gasteiger charge is 2.22. The summed E-state index contributed by atoms with van der Waals surface area (Å²) < 4.78 is 27.5. The summed E-state index contributed by atoms with van der Waals surface area (Å²) in [6.07, 6.45) is 0.802. The molecule has 8 heteroatoms. The number of benzene rings is 2. The molecule has 1 aliphatic heterocycles. The Kier molecular flexibility index (Phi) is 4.90. The quantitative estimate of drug-likeness (QED) is 0.635. The third-order valence-electron chi connectivity index (χ3n) is 4.23. The number of rotatable bonds is 5. The van der Waals surface area contributed by atoms with Crippen LogP contribution in [0.4, 0.5) is 5.69 Å². The van der Waals surface area contributed by atoms with Crippen LogP contribution in [0.15, 0.2) is 76.0 Å². The Morgan fingerprint density at radius 1 is 1.07 bits per heavy atom. The number of sulfonamides is 1. The highest BCUT2D eigenvalue weighted by Crippen LogP contribution is 2.28. The summed E-state index contributed by atoms with van der Waals surface area (Å²) in [6, 6.07) is 17.6. The largest absolute Gasteiger partial charge is 0.301 e. The van der Waals surface area contributed by atoms with E-state index in [2.05, 4.69) is 26.7 Å². The summed E-state index contributed by atoms with van der Waals surface area (Å²) >= 11 is 7.52. The summed E-state index contributed by atoms with van der Waals surface area (Å²) in [4.78, 5) is 1.42. The molecule has 0 spiro atoms. The van der Waals surface area contributed by atoms with E-state index in [0.717, 1.165) is 17.7 Å². The first kappa shape index (κ1) is 18.0. The molecule has 0 fully saturated rings. The Morgan fingerprint density at radius 3 is 2.48 bits per heavy atom. The predicted octanol–water partition coefficient (Wildman–Crippen LogP) is 4.64. The molecule has 1 atom stereocenters. The van der Waals surface area contributed by atoms with Gasteiger partial charge in [-0.2, -0.15) is 5.10 Å². The summed E-state index contributed by atoms with van der Waals surface area (Å²) in [5.41, 5.74) is 5.59. The number of halogens is 1. The van der Waals surface area contributed by atoms with Gasteiger partial charge in [0, 0.05) is 22.0 Å². The standard InChI is InChI=1S/C19H16ClN3O2S2/c20-14-5-9-16(10-6-14)27(24,25)23-15-7-3-13(4-8-15)17-12-18(22-21-17)19-2-1-11-26-19/h1-11,18,22-23H,12H2. The Morgan fingerprint density at radius 2 is 1.81 bits per heavy atom. The van der Waals surface area contributed by atoms with E-state index in [1.807, 2.05) is 18.2 Å². The predicted molar refractivity (Wildman–Crippen MR) is 110 cm³/mol. The van der Waals surface area contributed by atoms with Crippen molar-refractivity contribution in [3.8, 4) is 0 Å². The number of thiophene rings is 1. The number of nitrogens with one attached hydrogen (secondary N) is 2. The van der Waals surface area contributed by atoms with Crippen LogP contribution in [0.5, 0.6) is 0 Å². The third-order valence-corrected chi connectivity index (χ3v) is 6.87. The Bertz CT molecular complexity index is 1060. The molecular formula is C19H16ClN3O2S2. The van der Waals surface area contributed by atoms with Gasteiger partial charge in [-0.3, -0.25) is 4.72 Å². The van der Waals surface area contributed by atoms with E-state index in [0.29, 0.717) is 10.7 Å². The van der Waals surface area contributed by atoms with Crippen molar-refractivity contribution < 1.29 is 8.42 Å². The molecule has 5 nitrogen and oxygen atoms in total. The van der Waals surface area contributed by atoms with Crippen molar-refractivity contribution in [3.05, 3.63) is 81.5 Å². The number of nitrogens with zero attached hydrogens (tertiary/aromatic N) is 1. The Balaban J connectivity index is 1.46. The molecule has 0 radical (unpaired) electrons. The van der Waals surface area contributed by atoms with Gasteiger partial charge in [0.1, 0.15) is 0 Å². The molecule has 2 heterocycles. The second-order valence-electron chi connectivity index (χ2n) is 6.10. The smallest absolute Gasteiger partial charge is 0.261 e. The monoisotopic (exact) mass is 417 g/mol. The zero-order chi connectivity index (χ0) is 18.9. The van der Waals surface area contributed by atoms with Crippen LogP contribution in [0.3, 0.4) is 0 Å². The van der Waals surface area contributed by atoms with Crippen molar-refractivity contribution >= 4 is 44.4 Å². The molecule has 138 valence electrons. The number of hydrogen-bond donors (Lipinski definition) is 2. The fourth-order valence-corrected chi connectivity index (χ4v) is 4.79. The van der Waals surface area contributed by atoms with Crippen molar-refractivity contribution in [3.63, 3.8) is 0 Å². The molecule has 0 bridgehead atoms. The molecule has 3 aromatic rings. The minimum atomic E-state index is -3.65. The van der Waals surface area contributed by atoms with Crippen LogP contribution in [0.2, 0.25) is 5.02 Å². The van der Waals surface area contributed by atoms with Crippen molar-refractivity contribution in [2.75, 3.05) is 4.72 Å². The van der Waals surface area contributed by atoms with Crippen molar-refractivity contribution in [2.45, 2.75) is 17.4 Å². The van der Waals surface area contributed by atoms with E-state index in [-0.39, 0.29) is 10.9 Å². The van der Waals surface area contributed by atoms with Crippen LogP contribution in [0.25, 0.3) is 0 Å². The zero-order valence-corrected chi connectivity index (χ0v) is 16.5.